The van der Waals surface area contributed by atoms with E-state index in [4.69, 9.17) is 4.42 Å². The summed E-state index contributed by atoms with van der Waals surface area (Å²) >= 11 is 0.883. The highest BCUT2D eigenvalue weighted by Gasteiger charge is 2.12. The summed E-state index contributed by atoms with van der Waals surface area (Å²) in [5.74, 6) is -1.33. The number of carbonyl (C=O) groups is 1. The van der Waals surface area contributed by atoms with Gasteiger partial charge in [0.25, 0.3) is 5.22 Å². The number of carboxylic acids is 1. The van der Waals surface area contributed by atoms with Crippen molar-refractivity contribution in [2.24, 2.45) is 14.1 Å². The van der Waals surface area contributed by atoms with Gasteiger partial charge in [-0.2, -0.15) is 0 Å². The Labute approximate surface area is 157 Å². The molecule has 0 aliphatic rings. The fourth-order valence-corrected chi connectivity index (χ4v) is 3.63. The Morgan fingerprint density at radius 1 is 1.15 bits per heavy atom. The van der Waals surface area contributed by atoms with Crippen LogP contribution in [0.15, 0.2) is 61.8 Å². The molecule has 7 nitrogen and oxygen atoms in total. The van der Waals surface area contributed by atoms with Crippen molar-refractivity contribution in [2.45, 2.75) is 5.22 Å². The van der Waals surface area contributed by atoms with E-state index in [0.29, 0.717) is 22.2 Å². The minimum absolute atomic E-state index is 0.0400. The topological polar surface area (TPSA) is 93.1 Å². The Morgan fingerprint density at radius 3 is 2.63 bits per heavy atom. The van der Waals surface area contributed by atoms with Crippen LogP contribution in [0.25, 0.3) is 28.2 Å². The van der Waals surface area contributed by atoms with Gasteiger partial charge in [0.1, 0.15) is 5.52 Å². The largest absolute Gasteiger partial charge is 0.544 e. The summed E-state index contributed by atoms with van der Waals surface area (Å²) in [6, 6.07) is 12.5. The van der Waals surface area contributed by atoms with Crippen LogP contribution in [0.5, 0.6) is 0 Å². The number of hydrogen-bond donors (Lipinski definition) is 0. The molecule has 0 unspecified atom stereocenters. The van der Waals surface area contributed by atoms with Gasteiger partial charge >= 0.3 is 5.69 Å². The fraction of sp³-hybridized carbons (Fsp3) is 0.105. The predicted octanol–water partition coefficient (Wildman–Crippen LogP) is 1.90. The van der Waals surface area contributed by atoms with E-state index in [2.05, 4.69) is 4.98 Å². The van der Waals surface area contributed by atoms with Gasteiger partial charge < -0.3 is 14.3 Å². The lowest BCUT2D eigenvalue weighted by Gasteiger charge is -2.06. The van der Waals surface area contributed by atoms with Gasteiger partial charge in [-0.15, -0.1) is 0 Å². The minimum Gasteiger partial charge on any atom is -0.544 e. The van der Waals surface area contributed by atoms with Crippen molar-refractivity contribution >= 4 is 45.9 Å². The third kappa shape index (κ3) is 3.04. The molecule has 0 radical (unpaired) electrons. The number of thioether (sulfide) groups is 1. The van der Waals surface area contributed by atoms with Gasteiger partial charge in [-0.05, 0) is 47.7 Å². The zero-order chi connectivity index (χ0) is 19.1. The standard InChI is InChI=1S/C19H15N3O4S/c1-21-13-8-7-11(9-14(13)22(2)19(21)25)10-16(17(23)24)27-18-20-12-5-3-4-6-15(12)26-18/h3-10H,1-2H3,(H,23,24)/p-1/b16-10-. The van der Waals surface area contributed by atoms with Crippen LogP contribution in [-0.4, -0.2) is 20.1 Å². The SMILES string of the molecule is Cn1c(=O)n(C)c2cc(/C=C(\Sc3nc4ccccc4o3)C(=O)[O-])ccc21. The number of rotatable bonds is 4. The molecule has 27 heavy (non-hydrogen) atoms. The molecule has 0 atom stereocenters. The summed E-state index contributed by atoms with van der Waals surface area (Å²) in [5.41, 5.74) is 3.19. The molecule has 2 aromatic heterocycles. The van der Waals surface area contributed by atoms with Gasteiger partial charge in [-0.25, -0.2) is 9.78 Å². The molecule has 8 heteroatoms. The summed E-state index contributed by atoms with van der Waals surface area (Å²) in [6.07, 6.45) is 1.48. The summed E-state index contributed by atoms with van der Waals surface area (Å²) in [7, 11) is 3.36. The molecular formula is C19H14N3O4S-. The molecule has 4 rings (SSSR count). The van der Waals surface area contributed by atoms with E-state index >= 15 is 0 Å². The van der Waals surface area contributed by atoms with Gasteiger partial charge in [0.2, 0.25) is 0 Å². The number of carboxylic acid groups (broad SMARTS) is 1. The normalized spacial score (nSPS) is 12.1. The lowest BCUT2D eigenvalue weighted by atomic mass is 10.2. The van der Waals surface area contributed by atoms with E-state index in [9.17, 15) is 14.7 Å². The van der Waals surface area contributed by atoms with Crippen LogP contribution in [0.1, 0.15) is 5.56 Å². The summed E-state index contributed by atoms with van der Waals surface area (Å²) in [5, 5.41) is 11.8. The lowest BCUT2D eigenvalue weighted by Crippen LogP contribution is -2.23. The van der Waals surface area contributed by atoms with Crippen LogP contribution in [0.2, 0.25) is 0 Å². The number of hydrogen-bond acceptors (Lipinski definition) is 6. The second-order valence-electron chi connectivity index (χ2n) is 5.99. The number of aromatic nitrogens is 3. The Bertz CT molecular complexity index is 1250. The number of para-hydroxylation sites is 2. The van der Waals surface area contributed by atoms with Gasteiger partial charge in [0, 0.05) is 19.0 Å². The van der Waals surface area contributed by atoms with Crippen LogP contribution >= 0.6 is 11.8 Å². The highest BCUT2D eigenvalue weighted by Crippen LogP contribution is 2.30. The summed E-state index contributed by atoms with van der Waals surface area (Å²) < 4.78 is 8.62. The molecule has 4 aromatic rings. The second-order valence-corrected chi connectivity index (χ2v) is 6.99. The molecule has 0 N–H and O–H groups in total. The van der Waals surface area contributed by atoms with E-state index in [0.717, 1.165) is 17.3 Å². The smallest absolute Gasteiger partial charge is 0.328 e. The first-order valence-electron chi connectivity index (χ1n) is 8.06. The van der Waals surface area contributed by atoms with E-state index in [1.807, 2.05) is 12.1 Å². The van der Waals surface area contributed by atoms with Crippen LogP contribution in [-0.2, 0) is 18.9 Å². The first-order chi connectivity index (χ1) is 12.9. The summed E-state index contributed by atoms with van der Waals surface area (Å²) in [6.45, 7) is 0. The van der Waals surface area contributed by atoms with Crippen molar-refractivity contribution in [3.63, 3.8) is 0 Å². The number of fused-ring (bicyclic) bond motifs is 2. The van der Waals surface area contributed by atoms with Crippen molar-refractivity contribution < 1.29 is 14.3 Å². The third-order valence-corrected chi connectivity index (χ3v) is 5.12. The average molecular weight is 380 g/mol. The highest BCUT2D eigenvalue weighted by atomic mass is 32.2. The molecule has 0 spiro atoms. The Morgan fingerprint density at radius 2 is 1.89 bits per heavy atom. The van der Waals surface area contributed by atoms with Crippen LogP contribution in [0, 0.1) is 0 Å². The maximum Gasteiger partial charge on any atom is 0.328 e. The number of aliphatic carboxylic acids is 1. The molecule has 0 saturated carbocycles. The first-order valence-corrected chi connectivity index (χ1v) is 8.87. The number of aryl methyl sites for hydroxylation is 2. The van der Waals surface area contributed by atoms with Gasteiger partial charge in [-0.3, -0.25) is 9.13 Å². The molecule has 2 aromatic carbocycles. The molecule has 0 saturated heterocycles. The van der Waals surface area contributed by atoms with Crippen molar-refractivity contribution in [2.75, 3.05) is 0 Å². The molecule has 0 aliphatic carbocycles. The maximum absolute atomic E-state index is 12.0. The number of nitrogens with zero attached hydrogens (tertiary/aromatic N) is 3. The monoisotopic (exact) mass is 380 g/mol. The number of benzene rings is 2. The van der Waals surface area contributed by atoms with Crippen molar-refractivity contribution in [3.05, 3.63) is 63.4 Å². The number of imidazole rings is 1. The number of carbonyl (C=O) groups excluding carboxylic acids is 1. The molecule has 0 fully saturated rings. The molecule has 136 valence electrons. The first kappa shape index (κ1) is 17.2. The Kier molecular flexibility index (Phi) is 4.12. The quantitative estimate of drug-likeness (QED) is 0.397. The van der Waals surface area contributed by atoms with Gasteiger partial charge in [-0.1, -0.05) is 18.2 Å². The third-order valence-electron chi connectivity index (χ3n) is 4.27. The number of oxazole rings is 1. The van der Waals surface area contributed by atoms with Crippen LogP contribution in [0.3, 0.4) is 0 Å². The maximum atomic E-state index is 12.0. The van der Waals surface area contributed by atoms with Gasteiger partial charge in [0.15, 0.2) is 5.58 Å². The van der Waals surface area contributed by atoms with Crippen molar-refractivity contribution in [3.8, 4) is 0 Å². The van der Waals surface area contributed by atoms with E-state index < -0.39 is 5.97 Å². The van der Waals surface area contributed by atoms with E-state index in [1.165, 1.54) is 15.2 Å². The zero-order valence-corrected chi connectivity index (χ0v) is 15.3. The van der Waals surface area contributed by atoms with E-state index in [-0.39, 0.29) is 15.8 Å². The van der Waals surface area contributed by atoms with Crippen molar-refractivity contribution in [1.82, 2.24) is 14.1 Å². The predicted molar refractivity (Wildman–Crippen MR) is 101 cm³/mol. The average Bonchev–Trinajstić information content (AvgIpc) is 3.16. The van der Waals surface area contributed by atoms with Crippen molar-refractivity contribution in [1.29, 1.82) is 0 Å². The minimum atomic E-state index is -1.33. The second kappa shape index (κ2) is 6.48. The molecular weight excluding hydrogens is 366 g/mol. The molecule has 0 aliphatic heterocycles. The molecule has 0 bridgehead atoms. The Hall–Kier alpha value is -3.26. The fourth-order valence-electron chi connectivity index (χ4n) is 2.88. The van der Waals surface area contributed by atoms with E-state index in [1.54, 1.807) is 44.4 Å². The van der Waals surface area contributed by atoms with Crippen LogP contribution < -0.4 is 10.8 Å². The summed E-state index contributed by atoms with van der Waals surface area (Å²) in [4.78, 5) is 27.9. The zero-order valence-electron chi connectivity index (χ0n) is 14.5. The van der Waals surface area contributed by atoms with Gasteiger partial charge in [0.05, 0.1) is 17.0 Å². The Balaban J connectivity index is 1.74. The highest BCUT2D eigenvalue weighted by molar-refractivity contribution is 8.03. The molecule has 0 amide bonds. The van der Waals surface area contributed by atoms with Crippen LogP contribution in [0.4, 0.5) is 0 Å². The lowest BCUT2D eigenvalue weighted by molar-refractivity contribution is -0.298. The molecule has 2 heterocycles.